The van der Waals surface area contributed by atoms with E-state index in [1.54, 1.807) is 9.80 Å². The first-order chi connectivity index (χ1) is 11.2. The highest BCUT2D eigenvalue weighted by molar-refractivity contribution is 9.10. The van der Waals surface area contributed by atoms with Crippen molar-refractivity contribution in [3.05, 3.63) is 34.3 Å². The van der Waals surface area contributed by atoms with Crippen LogP contribution in [-0.4, -0.2) is 53.7 Å². The van der Waals surface area contributed by atoms with Crippen molar-refractivity contribution in [1.29, 1.82) is 0 Å². The normalized spacial score (nSPS) is 15.2. The lowest BCUT2D eigenvalue weighted by Gasteiger charge is -2.35. The third-order valence-electron chi connectivity index (χ3n) is 3.55. The van der Waals surface area contributed by atoms with Crippen LogP contribution in [0.3, 0.4) is 0 Å². The van der Waals surface area contributed by atoms with Crippen molar-refractivity contribution in [2.24, 2.45) is 0 Å². The van der Waals surface area contributed by atoms with E-state index in [0.29, 0.717) is 32.7 Å². The van der Waals surface area contributed by atoms with Gasteiger partial charge in [-0.2, -0.15) is 0 Å². The second-order valence-electron chi connectivity index (χ2n) is 6.74. The van der Waals surface area contributed by atoms with Gasteiger partial charge >= 0.3 is 12.1 Å². The number of carbonyl (C=O) groups excluding carboxylic acids is 2. The lowest BCUT2D eigenvalue weighted by atomic mass is 10.2. The minimum Gasteiger partial charge on any atom is -0.444 e. The van der Waals surface area contributed by atoms with Gasteiger partial charge < -0.3 is 19.9 Å². The first-order valence-electron chi connectivity index (χ1n) is 8.00. The number of hydrogen-bond acceptors (Lipinski definition) is 3. The van der Waals surface area contributed by atoms with Crippen molar-refractivity contribution in [2.75, 3.05) is 26.2 Å². The zero-order valence-electron chi connectivity index (χ0n) is 14.3. The summed E-state index contributed by atoms with van der Waals surface area (Å²) in [6.07, 6.45) is -0.323. The van der Waals surface area contributed by atoms with E-state index in [1.807, 2.05) is 45.0 Å². The molecule has 1 heterocycles. The molecule has 3 amide bonds. The maximum absolute atomic E-state index is 12.2. The molecule has 0 radical (unpaired) electrons. The molecule has 7 heteroatoms. The van der Waals surface area contributed by atoms with Crippen molar-refractivity contribution < 1.29 is 14.3 Å². The number of nitrogens with one attached hydrogen (secondary N) is 1. The van der Waals surface area contributed by atoms with Crippen LogP contribution in [0.25, 0.3) is 0 Å². The molecule has 0 aliphatic carbocycles. The molecule has 6 nitrogen and oxygen atoms in total. The number of carbonyl (C=O) groups is 2. The van der Waals surface area contributed by atoms with Crippen LogP contribution in [0, 0.1) is 0 Å². The summed E-state index contributed by atoms with van der Waals surface area (Å²) in [5, 5.41) is 2.91. The van der Waals surface area contributed by atoms with E-state index in [2.05, 4.69) is 21.2 Å². The van der Waals surface area contributed by atoms with Gasteiger partial charge in [-0.3, -0.25) is 0 Å². The predicted octanol–water partition coefficient (Wildman–Crippen LogP) is 3.21. The van der Waals surface area contributed by atoms with Crippen LogP contribution in [0.5, 0.6) is 0 Å². The number of hydrogen-bond donors (Lipinski definition) is 1. The fourth-order valence-electron chi connectivity index (χ4n) is 2.36. The molecule has 132 valence electrons. The third-order valence-corrected chi connectivity index (χ3v) is 4.04. The van der Waals surface area contributed by atoms with Gasteiger partial charge in [-0.25, -0.2) is 9.59 Å². The van der Waals surface area contributed by atoms with E-state index in [1.165, 1.54) is 0 Å². The number of amides is 3. The van der Waals surface area contributed by atoms with Gasteiger partial charge in [0.1, 0.15) is 5.60 Å². The summed E-state index contributed by atoms with van der Waals surface area (Å²) in [4.78, 5) is 27.6. The molecule has 1 aliphatic rings. The first kappa shape index (κ1) is 18.6. The zero-order valence-corrected chi connectivity index (χ0v) is 15.9. The molecule has 24 heavy (non-hydrogen) atoms. The molecule has 1 aliphatic heterocycles. The Kier molecular flexibility index (Phi) is 6.10. The molecular weight excluding hydrogens is 374 g/mol. The number of piperazine rings is 1. The Morgan fingerprint density at radius 2 is 1.79 bits per heavy atom. The van der Waals surface area contributed by atoms with Crippen LogP contribution >= 0.6 is 15.9 Å². The number of rotatable bonds is 2. The summed E-state index contributed by atoms with van der Waals surface area (Å²) >= 11 is 3.41. The van der Waals surface area contributed by atoms with Crippen LogP contribution in [0.4, 0.5) is 9.59 Å². The van der Waals surface area contributed by atoms with Gasteiger partial charge in [-0.1, -0.05) is 28.1 Å². The Hall–Kier alpha value is -1.76. The molecule has 2 rings (SSSR count). The number of halogens is 1. The molecule has 0 aromatic heterocycles. The Balaban J connectivity index is 1.77. The molecule has 1 aromatic carbocycles. The molecule has 0 saturated carbocycles. The second-order valence-corrected chi connectivity index (χ2v) is 7.66. The molecule has 1 aromatic rings. The summed E-state index contributed by atoms with van der Waals surface area (Å²) < 4.78 is 6.34. The molecule has 0 spiro atoms. The van der Waals surface area contributed by atoms with E-state index in [4.69, 9.17) is 4.74 Å². The highest BCUT2D eigenvalue weighted by Gasteiger charge is 2.27. The number of nitrogens with zero attached hydrogens (tertiary/aromatic N) is 2. The molecular formula is C17H24BrN3O3. The van der Waals surface area contributed by atoms with Gasteiger partial charge in [-0.05, 0) is 38.5 Å². The fourth-order valence-corrected chi connectivity index (χ4v) is 2.80. The SMILES string of the molecule is CC(C)(C)OC(=O)N1CCN(C(=O)NCc2cccc(Br)c2)CC1. The van der Waals surface area contributed by atoms with Crippen molar-refractivity contribution in [2.45, 2.75) is 32.9 Å². The molecule has 1 fully saturated rings. The third kappa shape index (κ3) is 5.70. The van der Waals surface area contributed by atoms with Crippen LogP contribution in [-0.2, 0) is 11.3 Å². The van der Waals surface area contributed by atoms with E-state index in [9.17, 15) is 9.59 Å². The zero-order chi connectivity index (χ0) is 17.7. The number of benzene rings is 1. The maximum atomic E-state index is 12.2. The van der Waals surface area contributed by atoms with E-state index < -0.39 is 5.60 Å². The minimum absolute atomic E-state index is 0.112. The van der Waals surface area contributed by atoms with Crippen LogP contribution in [0.15, 0.2) is 28.7 Å². The smallest absolute Gasteiger partial charge is 0.410 e. The average molecular weight is 398 g/mol. The van der Waals surface area contributed by atoms with Crippen LogP contribution in [0.1, 0.15) is 26.3 Å². The summed E-state index contributed by atoms with van der Waals surface area (Å²) in [7, 11) is 0. The van der Waals surface area contributed by atoms with Gasteiger partial charge in [0.15, 0.2) is 0 Å². The van der Waals surface area contributed by atoms with Gasteiger partial charge in [0.25, 0.3) is 0 Å². The fraction of sp³-hybridized carbons (Fsp3) is 0.529. The topological polar surface area (TPSA) is 61.9 Å². The molecule has 0 unspecified atom stereocenters. The van der Waals surface area contributed by atoms with Crippen LogP contribution < -0.4 is 5.32 Å². The second kappa shape index (κ2) is 7.88. The maximum Gasteiger partial charge on any atom is 0.410 e. The van der Waals surface area contributed by atoms with E-state index in [-0.39, 0.29) is 12.1 Å². The molecule has 1 N–H and O–H groups in total. The van der Waals surface area contributed by atoms with E-state index >= 15 is 0 Å². The summed E-state index contributed by atoms with van der Waals surface area (Å²) in [6, 6.07) is 7.71. The number of urea groups is 1. The molecule has 0 atom stereocenters. The largest absolute Gasteiger partial charge is 0.444 e. The number of ether oxygens (including phenoxy) is 1. The summed E-state index contributed by atoms with van der Waals surface area (Å²) in [5.74, 6) is 0. The first-order valence-corrected chi connectivity index (χ1v) is 8.79. The van der Waals surface area contributed by atoms with Gasteiger partial charge in [0.05, 0.1) is 0 Å². The highest BCUT2D eigenvalue weighted by Crippen LogP contribution is 2.13. The Morgan fingerprint density at radius 1 is 1.17 bits per heavy atom. The van der Waals surface area contributed by atoms with Crippen molar-refractivity contribution >= 4 is 28.1 Å². The monoisotopic (exact) mass is 397 g/mol. The quantitative estimate of drug-likeness (QED) is 0.832. The van der Waals surface area contributed by atoms with Crippen LogP contribution in [0.2, 0.25) is 0 Å². The van der Waals surface area contributed by atoms with Crippen molar-refractivity contribution in [3.63, 3.8) is 0 Å². The Bertz CT molecular complexity index is 593. The summed E-state index contributed by atoms with van der Waals surface area (Å²) in [6.45, 7) is 7.99. The predicted molar refractivity (Wildman–Crippen MR) is 95.8 cm³/mol. The lowest BCUT2D eigenvalue weighted by molar-refractivity contribution is 0.0170. The Morgan fingerprint density at radius 3 is 2.38 bits per heavy atom. The van der Waals surface area contributed by atoms with Gasteiger partial charge in [0.2, 0.25) is 0 Å². The average Bonchev–Trinajstić information content (AvgIpc) is 2.51. The molecule has 1 saturated heterocycles. The Labute approximate surface area is 151 Å². The van der Waals surface area contributed by atoms with Crippen molar-refractivity contribution in [3.8, 4) is 0 Å². The molecule has 0 bridgehead atoms. The van der Waals surface area contributed by atoms with Gasteiger partial charge in [-0.15, -0.1) is 0 Å². The lowest BCUT2D eigenvalue weighted by Crippen LogP contribution is -2.53. The minimum atomic E-state index is -0.504. The van der Waals surface area contributed by atoms with E-state index in [0.717, 1.165) is 10.0 Å². The summed E-state index contributed by atoms with van der Waals surface area (Å²) in [5.41, 5.74) is 0.528. The highest BCUT2D eigenvalue weighted by atomic mass is 79.9. The van der Waals surface area contributed by atoms with Crippen molar-refractivity contribution in [1.82, 2.24) is 15.1 Å². The van der Waals surface area contributed by atoms with Gasteiger partial charge in [0, 0.05) is 37.2 Å². The standard InChI is InChI=1S/C17H24BrN3O3/c1-17(2,3)24-16(23)21-9-7-20(8-10-21)15(22)19-12-13-5-4-6-14(18)11-13/h4-6,11H,7-10,12H2,1-3H3,(H,19,22).